The molecular formula is H2ClIPd2. The van der Waals surface area contributed by atoms with E-state index in [1.54, 1.807) is 0 Å². The fourth-order valence-corrected chi connectivity index (χ4v) is 0. The van der Waals surface area contributed by atoms with Crippen LogP contribution in [0.15, 0.2) is 0 Å². The maximum atomic E-state index is 0. The summed E-state index contributed by atoms with van der Waals surface area (Å²) in [5, 5.41) is 0. The Morgan fingerprint density at radius 3 is 0.750 bits per heavy atom. The number of rotatable bonds is 0. The monoisotopic (exact) mass is 376 g/mol. The smallest absolute Gasteiger partial charge is 0 e. The molecule has 0 aliphatic rings. The summed E-state index contributed by atoms with van der Waals surface area (Å²) in [5.41, 5.74) is 0. The molecule has 36 valence electrons. The second-order valence-corrected chi connectivity index (χ2v) is 0. The van der Waals surface area contributed by atoms with Gasteiger partial charge in [-0.3, -0.25) is 0 Å². The van der Waals surface area contributed by atoms with Crippen LogP contribution >= 0.6 is 36.4 Å². The van der Waals surface area contributed by atoms with Gasteiger partial charge in [-0.25, -0.2) is 0 Å². The molecule has 0 unspecified atom stereocenters. The van der Waals surface area contributed by atoms with Crippen molar-refractivity contribution in [1.82, 2.24) is 0 Å². The third kappa shape index (κ3) is 8.84. The Balaban J connectivity index is 0. The van der Waals surface area contributed by atoms with Gasteiger partial charge in [0.1, 0.15) is 0 Å². The molecule has 0 spiro atoms. The average Bonchev–Trinajstić information content (AvgIpc) is 0. The van der Waals surface area contributed by atoms with Gasteiger partial charge in [-0.2, -0.15) is 0 Å². The molecule has 0 atom stereocenters. The molecule has 4 heavy (non-hydrogen) atoms. The summed E-state index contributed by atoms with van der Waals surface area (Å²) in [6, 6.07) is 0. The fourth-order valence-electron chi connectivity index (χ4n) is 0. The first-order chi connectivity index (χ1) is 0. The number of hydrogen-bond donors (Lipinski definition) is 0. The normalized spacial score (nSPS) is 0. The van der Waals surface area contributed by atoms with Crippen LogP contribution in [0.3, 0.4) is 0 Å². The van der Waals surface area contributed by atoms with Gasteiger partial charge in [0.05, 0.1) is 0 Å². The summed E-state index contributed by atoms with van der Waals surface area (Å²) >= 11 is 0. The molecule has 0 aliphatic heterocycles. The molecule has 0 heterocycles. The van der Waals surface area contributed by atoms with E-state index in [2.05, 4.69) is 0 Å². The van der Waals surface area contributed by atoms with E-state index < -0.39 is 0 Å². The molecule has 0 radical (unpaired) electrons. The zero-order valence-electron chi connectivity index (χ0n) is 1.45. The molecular weight excluding hydrogens is 375 g/mol. The Morgan fingerprint density at radius 2 is 0.750 bits per heavy atom. The van der Waals surface area contributed by atoms with Gasteiger partial charge in [0.25, 0.3) is 0 Å². The van der Waals surface area contributed by atoms with E-state index in [0.29, 0.717) is 0 Å². The van der Waals surface area contributed by atoms with Gasteiger partial charge < -0.3 is 0 Å². The summed E-state index contributed by atoms with van der Waals surface area (Å²) in [4.78, 5) is 0. The molecule has 0 saturated carbocycles. The largest absolute Gasteiger partial charge is 0.147 e. The molecule has 4 heteroatoms. The molecule has 0 rings (SSSR count). The van der Waals surface area contributed by atoms with Crippen molar-refractivity contribution < 1.29 is 40.8 Å². The number of hydrogen-bond acceptors (Lipinski definition) is 0. The molecule has 0 bridgehead atoms. The summed E-state index contributed by atoms with van der Waals surface area (Å²) < 4.78 is 0. The van der Waals surface area contributed by atoms with E-state index in [-0.39, 0.29) is 77.2 Å². The van der Waals surface area contributed by atoms with E-state index in [4.69, 9.17) is 0 Å². The predicted octanol–water partition coefficient (Wildman–Crippen LogP) is 1.03. The van der Waals surface area contributed by atoms with Crippen molar-refractivity contribution in [3.63, 3.8) is 0 Å². The van der Waals surface area contributed by atoms with Gasteiger partial charge in [-0.05, 0) is 0 Å². The van der Waals surface area contributed by atoms with Crippen LogP contribution in [0.2, 0.25) is 0 Å². The van der Waals surface area contributed by atoms with Gasteiger partial charge in [-0.1, -0.05) is 0 Å². The quantitative estimate of drug-likeness (QED) is 0.437. The Morgan fingerprint density at radius 1 is 0.750 bits per heavy atom. The van der Waals surface area contributed by atoms with Gasteiger partial charge in [0, 0.05) is 40.8 Å². The van der Waals surface area contributed by atoms with E-state index in [9.17, 15) is 0 Å². The standard InChI is InChI=1S/ClH.HI.2Pd/h2*1H;;. The zero-order chi connectivity index (χ0) is 0. The van der Waals surface area contributed by atoms with Gasteiger partial charge in [-0.15, -0.1) is 36.4 Å². The van der Waals surface area contributed by atoms with Crippen molar-refractivity contribution in [2.24, 2.45) is 0 Å². The molecule has 0 aromatic carbocycles. The van der Waals surface area contributed by atoms with Gasteiger partial charge >= 0.3 is 0 Å². The Bertz CT molecular complexity index is 6.00. The second kappa shape index (κ2) is 18.4. The van der Waals surface area contributed by atoms with Crippen molar-refractivity contribution >= 4 is 36.4 Å². The van der Waals surface area contributed by atoms with Crippen LogP contribution in [0.4, 0.5) is 0 Å². The molecule has 0 fully saturated rings. The van der Waals surface area contributed by atoms with Crippen LogP contribution in [0.5, 0.6) is 0 Å². The first-order valence-corrected chi connectivity index (χ1v) is 0. The third-order valence-electron chi connectivity index (χ3n) is 0. The first-order valence-electron chi connectivity index (χ1n) is 0. The summed E-state index contributed by atoms with van der Waals surface area (Å²) in [6.45, 7) is 0. The van der Waals surface area contributed by atoms with E-state index in [1.807, 2.05) is 0 Å². The average molecular weight is 377 g/mol. The third-order valence-corrected chi connectivity index (χ3v) is 0. The molecule has 0 aromatic rings. The minimum Gasteiger partial charge on any atom is -0.147 e. The fraction of sp³-hybridized carbons (Fsp3) is 0. The van der Waals surface area contributed by atoms with Crippen LogP contribution in [0.25, 0.3) is 0 Å². The van der Waals surface area contributed by atoms with Crippen LogP contribution in [0, 0.1) is 0 Å². The van der Waals surface area contributed by atoms with Crippen molar-refractivity contribution in [2.45, 2.75) is 0 Å². The Kier molecular flexibility index (Phi) is 151. The number of halogens is 2. The molecule has 0 N–H and O–H groups in total. The minimum atomic E-state index is 0. The molecule has 0 saturated heterocycles. The molecule has 0 nitrogen and oxygen atoms in total. The maximum absolute atomic E-state index is 0. The Labute approximate surface area is 76.2 Å². The zero-order valence-corrected chi connectivity index (χ0v) is 7.71. The van der Waals surface area contributed by atoms with Crippen LogP contribution < -0.4 is 0 Å². The molecule has 0 aliphatic carbocycles. The van der Waals surface area contributed by atoms with Crippen molar-refractivity contribution in [3.8, 4) is 0 Å². The predicted molar refractivity (Wildman–Crippen MR) is 22.7 cm³/mol. The SMILES string of the molecule is Cl.I.[Pd].[Pd]. The second-order valence-electron chi connectivity index (χ2n) is 0. The minimum absolute atomic E-state index is 0. The van der Waals surface area contributed by atoms with Crippen molar-refractivity contribution in [3.05, 3.63) is 0 Å². The Hall–Kier alpha value is 2.34. The maximum Gasteiger partial charge on any atom is 0 e. The summed E-state index contributed by atoms with van der Waals surface area (Å²) in [5.74, 6) is 0. The summed E-state index contributed by atoms with van der Waals surface area (Å²) in [7, 11) is 0. The van der Waals surface area contributed by atoms with E-state index >= 15 is 0 Å². The van der Waals surface area contributed by atoms with Crippen molar-refractivity contribution in [2.75, 3.05) is 0 Å². The van der Waals surface area contributed by atoms with Crippen molar-refractivity contribution in [1.29, 1.82) is 0 Å². The van der Waals surface area contributed by atoms with Gasteiger partial charge in [0.2, 0.25) is 0 Å². The van der Waals surface area contributed by atoms with E-state index in [1.165, 1.54) is 0 Å². The summed E-state index contributed by atoms with van der Waals surface area (Å²) in [6.07, 6.45) is 0. The van der Waals surface area contributed by atoms with Gasteiger partial charge in [0.15, 0.2) is 0 Å². The van der Waals surface area contributed by atoms with Crippen LogP contribution in [-0.4, -0.2) is 0 Å². The topological polar surface area (TPSA) is 0 Å². The molecule has 0 amide bonds. The first kappa shape index (κ1) is 33.0. The van der Waals surface area contributed by atoms with Crippen LogP contribution in [-0.2, 0) is 40.8 Å². The molecule has 0 aromatic heterocycles. The van der Waals surface area contributed by atoms with E-state index in [0.717, 1.165) is 0 Å². The van der Waals surface area contributed by atoms with Crippen LogP contribution in [0.1, 0.15) is 0 Å².